The molecule has 3 amide bonds. The number of benzene rings is 2. The Morgan fingerprint density at radius 1 is 1.11 bits per heavy atom. The van der Waals surface area contributed by atoms with E-state index in [4.69, 9.17) is 4.74 Å². The van der Waals surface area contributed by atoms with E-state index in [0.717, 1.165) is 17.7 Å². The van der Waals surface area contributed by atoms with Crippen molar-refractivity contribution in [2.24, 2.45) is 5.92 Å². The molecule has 0 radical (unpaired) electrons. The smallest absolute Gasteiger partial charge is 0.319 e. The first kappa shape index (κ1) is 18.8. The number of carbonyl (C=O) groups excluding carboxylic acids is 2. The normalized spacial score (nSPS) is 13.9. The first-order valence-electron chi connectivity index (χ1n) is 9.10. The number of para-hydroxylation sites is 1. The van der Waals surface area contributed by atoms with Gasteiger partial charge < -0.3 is 20.3 Å². The number of ether oxygens (including phenoxy) is 1. The predicted molar refractivity (Wildman–Crippen MR) is 106 cm³/mol. The number of fused-ring (bicyclic) bond motifs is 1. The van der Waals surface area contributed by atoms with Crippen molar-refractivity contribution in [3.8, 4) is 5.75 Å². The molecule has 1 aliphatic rings. The average molecular weight is 367 g/mol. The number of urea groups is 1. The van der Waals surface area contributed by atoms with Gasteiger partial charge in [0.2, 0.25) is 5.91 Å². The summed E-state index contributed by atoms with van der Waals surface area (Å²) in [6, 6.07) is 14.0. The first-order chi connectivity index (χ1) is 13.0. The van der Waals surface area contributed by atoms with Crippen molar-refractivity contribution in [3.05, 3.63) is 54.1 Å². The summed E-state index contributed by atoms with van der Waals surface area (Å²) in [5.41, 5.74) is 2.70. The molecule has 142 valence electrons. The lowest BCUT2D eigenvalue weighted by atomic mass is 10.0. The van der Waals surface area contributed by atoms with Crippen LogP contribution in [-0.2, 0) is 11.2 Å². The Labute approximate surface area is 159 Å². The fourth-order valence-electron chi connectivity index (χ4n) is 3.26. The Morgan fingerprint density at radius 2 is 1.89 bits per heavy atom. The van der Waals surface area contributed by atoms with Gasteiger partial charge in [0, 0.05) is 24.0 Å². The molecule has 6 heteroatoms. The molecule has 1 atom stereocenters. The van der Waals surface area contributed by atoms with E-state index in [0.29, 0.717) is 18.0 Å². The van der Waals surface area contributed by atoms with E-state index >= 15 is 0 Å². The average Bonchev–Trinajstić information content (AvgIpc) is 3.09. The van der Waals surface area contributed by atoms with Crippen LogP contribution < -0.4 is 20.3 Å². The molecular formula is C21H25N3O3. The number of methoxy groups -OCH3 is 1. The maximum Gasteiger partial charge on any atom is 0.319 e. The summed E-state index contributed by atoms with van der Waals surface area (Å²) in [7, 11) is 1.57. The summed E-state index contributed by atoms with van der Waals surface area (Å²) in [5.74, 6) is 0.523. The van der Waals surface area contributed by atoms with Gasteiger partial charge in [-0.2, -0.15) is 0 Å². The summed E-state index contributed by atoms with van der Waals surface area (Å²) in [4.78, 5) is 27.3. The minimum absolute atomic E-state index is 0.0404. The van der Waals surface area contributed by atoms with Crippen LogP contribution >= 0.6 is 0 Å². The zero-order chi connectivity index (χ0) is 19.4. The number of nitrogens with one attached hydrogen (secondary N) is 2. The van der Waals surface area contributed by atoms with Gasteiger partial charge in [-0.3, -0.25) is 4.79 Å². The SMILES string of the molecule is COc1cccc(NC(=O)N[C@@H](C(=O)N2CCc3ccccc32)C(C)C)c1. The van der Waals surface area contributed by atoms with Crippen LogP contribution in [0.25, 0.3) is 0 Å². The van der Waals surface area contributed by atoms with E-state index in [2.05, 4.69) is 10.6 Å². The Bertz CT molecular complexity index is 835. The van der Waals surface area contributed by atoms with Crippen LogP contribution in [0.15, 0.2) is 48.5 Å². The van der Waals surface area contributed by atoms with Crippen molar-refractivity contribution in [2.75, 3.05) is 23.9 Å². The van der Waals surface area contributed by atoms with Gasteiger partial charge in [-0.1, -0.05) is 38.1 Å². The maximum atomic E-state index is 13.1. The monoisotopic (exact) mass is 367 g/mol. The molecule has 0 aromatic heterocycles. The van der Waals surface area contributed by atoms with Gasteiger partial charge in [-0.05, 0) is 36.1 Å². The minimum Gasteiger partial charge on any atom is -0.497 e. The van der Waals surface area contributed by atoms with E-state index in [1.54, 1.807) is 36.3 Å². The van der Waals surface area contributed by atoms with Gasteiger partial charge in [-0.15, -0.1) is 0 Å². The Kier molecular flexibility index (Phi) is 5.64. The largest absolute Gasteiger partial charge is 0.497 e. The van der Waals surface area contributed by atoms with Crippen molar-refractivity contribution in [1.29, 1.82) is 0 Å². The van der Waals surface area contributed by atoms with Crippen molar-refractivity contribution >= 4 is 23.3 Å². The summed E-state index contributed by atoms with van der Waals surface area (Å²) >= 11 is 0. The molecule has 2 aromatic carbocycles. The molecule has 0 unspecified atom stereocenters. The van der Waals surface area contributed by atoms with Gasteiger partial charge in [0.25, 0.3) is 0 Å². The Hall–Kier alpha value is -3.02. The van der Waals surface area contributed by atoms with E-state index in [1.165, 1.54) is 0 Å². The van der Waals surface area contributed by atoms with Gasteiger partial charge in [0.05, 0.1) is 7.11 Å². The first-order valence-corrected chi connectivity index (χ1v) is 9.10. The summed E-state index contributed by atoms with van der Waals surface area (Å²) < 4.78 is 5.16. The molecule has 0 spiro atoms. The van der Waals surface area contributed by atoms with Crippen molar-refractivity contribution in [2.45, 2.75) is 26.3 Å². The second-order valence-corrected chi connectivity index (χ2v) is 6.92. The predicted octanol–water partition coefficient (Wildman–Crippen LogP) is 3.43. The molecule has 1 heterocycles. The molecule has 1 aliphatic heterocycles. The molecule has 0 bridgehead atoms. The minimum atomic E-state index is -0.609. The van der Waals surface area contributed by atoms with Crippen molar-refractivity contribution < 1.29 is 14.3 Å². The number of amides is 3. The second kappa shape index (κ2) is 8.12. The summed E-state index contributed by atoms with van der Waals surface area (Å²) in [6.45, 7) is 4.49. The van der Waals surface area contributed by atoms with E-state index < -0.39 is 12.1 Å². The van der Waals surface area contributed by atoms with Crippen LogP contribution in [0.5, 0.6) is 5.75 Å². The van der Waals surface area contributed by atoms with Gasteiger partial charge in [-0.25, -0.2) is 4.79 Å². The van der Waals surface area contributed by atoms with E-state index in [1.807, 2.05) is 38.1 Å². The van der Waals surface area contributed by atoms with Crippen LogP contribution in [0, 0.1) is 5.92 Å². The second-order valence-electron chi connectivity index (χ2n) is 6.92. The third-order valence-electron chi connectivity index (χ3n) is 4.70. The van der Waals surface area contributed by atoms with Crippen LogP contribution in [-0.4, -0.2) is 31.6 Å². The highest BCUT2D eigenvalue weighted by atomic mass is 16.5. The topological polar surface area (TPSA) is 70.7 Å². The highest BCUT2D eigenvalue weighted by Gasteiger charge is 2.32. The zero-order valence-electron chi connectivity index (χ0n) is 15.9. The van der Waals surface area contributed by atoms with Crippen LogP contribution in [0.1, 0.15) is 19.4 Å². The number of hydrogen-bond acceptors (Lipinski definition) is 3. The van der Waals surface area contributed by atoms with Gasteiger partial charge >= 0.3 is 6.03 Å². The van der Waals surface area contributed by atoms with Crippen molar-refractivity contribution in [3.63, 3.8) is 0 Å². The van der Waals surface area contributed by atoms with Crippen LogP contribution in [0.4, 0.5) is 16.2 Å². The quantitative estimate of drug-likeness (QED) is 0.851. The third kappa shape index (κ3) is 4.22. The van der Waals surface area contributed by atoms with Crippen LogP contribution in [0.3, 0.4) is 0 Å². The molecule has 3 rings (SSSR count). The summed E-state index contributed by atoms with van der Waals surface area (Å²) in [6.07, 6.45) is 0.836. The number of rotatable bonds is 5. The number of nitrogens with zero attached hydrogens (tertiary/aromatic N) is 1. The van der Waals surface area contributed by atoms with Crippen molar-refractivity contribution in [1.82, 2.24) is 5.32 Å². The highest BCUT2D eigenvalue weighted by Crippen LogP contribution is 2.28. The van der Waals surface area contributed by atoms with Gasteiger partial charge in [0.15, 0.2) is 0 Å². The molecule has 0 saturated carbocycles. The molecule has 0 fully saturated rings. The number of anilines is 2. The maximum absolute atomic E-state index is 13.1. The lowest BCUT2D eigenvalue weighted by molar-refractivity contribution is -0.121. The molecule has 27 heavy (non-hydrogen) atoms. The molecule has 0 saturated heterocycles. The lowest BCUT2D eigenvalue weighted by Crippen LogP contribution is -2.52. The highest BCUT2D eigenvalue weighted by molar-refractivity contribution is 6.02. The number of carbonyl (C=O) groups is 2. The fraction of sp³-hybridized carbons (Fsp3) is 0.333. The molecule has 2 N–H and O–H groups in total. The molecule has 2 aromatic rings. The molecule has 0 aliphatic carbocycles. The molecule has 6 nitrogen and oxygen atoms in total. The van der Waals surface area contributed by atoms with E-state index in [-0.39, 0.29) is 11.8 Å². The third-order valence-corrected chi connectivity index (χ3v) is 4.70. The lowest BCUT2D eigenvalue weighted by Gasteiger charge is -2.27. The van der Waals surface area contributed by atoms with Gasteiger partial charge in [0.1, 0.15) is 11.8 Å². The van der Waals surface area contributed by atoms with Crippen LogP contribution in [0.2, 0.25) is 0 Å². The Balaban J connectivity index is 1.70. The number of hydrogen-bond donors (Lipinski definition) is 2. The standard InChI is InChI=1S/C21H25N3O3/c1-14(2)19(20(25)24-12-11-15-7-4-5-10-18(15)24)23-21(26)22-16-8-6-9-17(13-16)27-3/h4-10,13-14,19H,11-12H2,1-3H3,(H2,22,23,26)/t19-/m1/s1. The zero-order valence-corrected chi connectivity index (χ0v) is 15.9. The molecular weight excluding hydrogens is 342 g/mol. The summed E-state index contributed by atoms with van der Waals surface area (Å²) in [5, 5.41) is 5.59. The fourth-order valence-corrected chi connectivity index (χ4v) is 3.26. The Morgan fingerprint density at radius 3 is 2.63 bits per heavy atom. The van der Waals surface area contributed by atoms with E-state index in [9.17, 15) is 9.59 Å².